The van der Waals surface area contributed by atoms with Crippen molar-refractivity contribution >= 4 is 17.2 Å². The van der Waals surface area contributed by atoms with Crippen LogP contribution < -0.4 is 20.1 Å². The van der Waals surface area contributed by atoms with E-state index in [0.29, 0.717) is 23.2 Å². The van der Waals surface area contributed by atoms with Crippen LogP contribution in [0.3, 0.4) is 0 Å². The van der Waals surface area contributed by atoms with Gasteiger partial charge in [-0.25, -0.2) is 15.0 Å². The molecule has 1 aliphatic heterocycles. The second-order valence-electron chi connectivity index (χ2n) is 7.41. The Bertz CT molecular complexity index is 1050. The largest absolute Gasteiger partial charge is 0.492 e. The van der Waals surface area contributed by atoms with Crippen molar-refractivity contribution in [1.82, 2.24) is 15.0 Å². The molecule has 0 atom stereocenters. The first-order valence-electron chi connectivity index (χ1n) is 9.29. The van der Waals surface area contributed by atoms with E-state index in [1.54, 1.807) is 12.4 Å². The van der Waals surface area contributed by atoms with Gasteiger partial charge in [-0.1, -0.05) is 6.07 Å². The fraction of sp³-hybridized carbons (Fsp3) is 0.286. The van der Waals surface area contributed by atoms with Gasteiger partial charge in [0.1, 0.15) is 17.3 Å². The Kier molecular flexibility index (Phi) is 3.65. The van der Waals surface area contributed by atoms with Crippen LogP contribution >= 0.6 is 0 Å². The van der Waals surface area contributed by atoms with E-state index in [9.17, 15) is 0 Å². The predicted octanol–water partition coefficient (Wildman–Crippen LogP) is 3.75. The van der Waals surface area contributed by atoms with Gasteiger partial charge in [0.2, 0.25) is 5.88 Å². The zero-order chi connectivity index (χ0) is 19.3. The lowest BCUT2D eigenvalue weighted by Crippen LogP contribution is -2.14. The van der Waals surface area contributed by atoms with Crippen LogP contribution in [0.25, 0.3) is 0 Å². The molecular formula is C21H21N5O2. The molecule has 0 amide bonds. The lowest BCUT2D eigenvalue weighted by Gasteiger charge is -2.20. The second-order valence-corrected chi connectivity index (χ2v) is 7.41. The Morgan fingerprint density at radius 1 is 1.14 bits per heavy atom. The molecule has 0 unspecified atom stereocenters. The predicted molar refractivity (Wildman–Crippen MR) is 106 cm³/mol. The number of aromatic nitrogens is 3. The Labute approximate surface area is 163 Å². The highest BCUT2D eigenvalue weighted by molar-refractivity contribution is 5.69. The molecule has 2 N–H and O–H groups in total. The molecule has 7 nitrogen and oxygen atoms in total. The van der Waals surface area contributed by atoms with Gasteiger partial charge in [0, 0.05) is 24.1 Å². The van der Waals surface area contributed by atoms with E-state index in [2.05, 4.69) is 15.0 Å². The van der Waals surface area contributed by atoms with Crippen LogP contribution in [0.5, 0.6) is 17.4 Å². The molecule has 5 rings (SSSR count). The number of hydrogen-bond acceptors (Lipinski definition) is 7. The zero-order valence-electron chi connectivity index (χ0n) is 15.8. The topological polar surface area (TPSA) is 86.4 Å². The fourth-order valence-corrected chi connectivity index (χ4v) is 3.67. The molecule has 1 spiro atoms. The van der Waals surface area contributed by atoms with Gasteiger partial charge in [-0.05, 0) is 38.0 Å². The maximum Gasteiger partial charge on any atom is 0.219 e. The fourth-order valence-electron chi connectivity index (χ4n) is 3.67. The number of aryl methyl sites for hydroxylation is 1. The van der Waals surface area contributed by atoms with Crippen LogP contribution in [0, 0.1) is 6.92 Å². The summed E-state index contributed by atoms with van der Waals surface area (Å²) in [6.07, 6.45) is 5.66. The molecule has 0 radical (unpaired) electrons. The Hall–Kier alpha value is -3.35. The molecule has 2 aliphatic rings. The quantitative estimate of drug-likeness (QED) is 0.743. The molecule has 2 aromatic heterocycles. The summed E-state index contributed by atoms with van der Waals surface area (Å²) in [5, 5.41) is 0. The number of nitrogens with zero attached hydrogens (tertiary/aromatic N) is 4. The van der Waals surface area contributed by atoms with Crippen LogP contribution in [0.1, 0.15) is 24.2 Å². The molecule has 3 aromatic rings. The van der Waals surface area contributed by atoms with Gasteiger partial charge >= 0.3 is 0 Å². The average Bonchev–Trinajstić information content (AvgIpc) is 3.39. The lowest BCUT2D eigenvalue weighted by molar-refractivity contribution is 0.323. The number of nitrogen functional groups attached to an aromatic ring is 1. The SMILES string of the molecule is Cc1ncc(N)c(N(C)c2ccc(Oc3cccc4c3C3(CC3)CO4)nc2)n1. The standard InChI is InChI=1S/C21H21N5O2/c1-13-23-11-15(22)20(25-13)26(2)14-6-7-18(24-10-14)28-17-5-3-4-16-19(17)21(8-9-21)12-27-16/h3-7,10-11H,8-9,12,22H2,1-2H3. The molecule has 0 bridgehead atoms. The summed E-state index contributed by atoms with van der Waals surface area (Å²) < 4.78 is 12.0. The normalized spacial score (nSPS) is 15.8. The molecule has 1 aliphatic carbocycles. The summed E-state index contributed by atoms with van der Waals surface area (Å²) in [7, 11) is 1.90. The van der Waals surface area contributed by atoms with Gasteiger partial charge in [0.05, 0.1) is 30.4 Å². The summed E-state index contributed by atoms with van der Waals surface area (Å²) in [5.74, 6) is 3.62. The first-order valence-corrected chi connectivity index (χ1v) is 9.29. The van der Waals surface area contributed by atoms with Gasteiger partial charge in [0.15, 0.2) is 5.82 Å². The molecular weight excluding hydrogens is 354 g/mol. The van der Waals surface area contributed by atoms with Crippen LogP contribution in [-0.2, 0) is 5.41 Å². The van der Waals surface area contributed by atoms with Gasteiger partial charge in [-0.2, -0.15) is 0 Å². The van der Waals surface area contributed by atoms with Crippen molar-refractivity contribution in [2.45, 2.75) is 25.2 Å². The van der Waals surface area contributed by atoms with E-state index >= 15 is 0 Å². The minimum Gasteiger partial charge on any atom is -0.492 e. The number of pyridine rings is 1. The summed E-state index contributed by atoms with van der Waals surface area (Å²) >= 11 is 0. The third-order valence-electron chi connectivity index (χ3n) is 5.43. The van der Waals surface area contributed by atoms with E-state index in [1.807, 2.05) is 49.2 Å². The molecule has 0 saturated heterocycles. The van der Waals surface area contributed by atoms with Crippen molar-refractivity contribution in [2.24, 2.45) is 0 Å². The smallest absolute Gasteiger partial charge is 0.219 e. The van der Waals surface area contributed by atoms with Gasteiger partial charge < -0.3 is 20.1 Å². The zero-order valence-corrected chi connectivity index (χ0v) is 15.8. The number of ether oxygens (including phenoxy) is 2. The van der Waals surface area contributed by atoms with E-state index in [0.717, 1.165) is 36.6 Å². The van der Waals surface area contributed by atoms with E-state index in [-0.39, 0.29) is 5.41 Å². The summed E-state index contributed by atoms with van der Waals surface area (Å²) in [4.78, 5) is 14.9. The highest BCUT2D eigenvalue weighted by Gasteiger charge is 2.52. The van der Waals surface area contributed by atoms with E-state index in [1.165, 1.54) is 5.56 Å². The highest BCUT2D eigenvalue weighted by atomic mass is 16.5. The summed E-state index contributed by atoms with van der Waals surface area (Å²) in [5.41, 5.74) is 8.72. The van der Waals surface area contributed by atoms with Gasteiger partial charge in [-0.3, -0.25) is 0 Å². The number of nitrogens with two attached hydrogens (primary N) is 1. The number of rotatable bonds is 4. The van der Waals surface area contributed by atoms with Crippen LogP contribution in [0.2, 0.25) is 0 Å². The molecule has 28 heavy (non-hydrogen) atoms. The summed E-state index contributed by atoms with van der Waals surface area (Å²) in [6.45, 7) is 2.58. The number of benzene rings is 1. The minimum absolute atomic E-state index is 0.147. The third kappa shape index (κ3) is 2.70. The maximum atomic E-state index is 6.12. The van der Waals surface area contributed by atoms with Crippen molar-refractivity contribution in [1.29, 1.82) is 0 Å². The first kappa shape index (κ1) is 16.8. The average molecular weight is 375 g/mol. The minimum atomic E-state index is 0.147. The third-order valence-corrected chi connectivity index (χ3v) is 5.43. The van der Waals surface area contributed by atoms with E-state index < -0.39 is 0 Å². The maximum absolute atomic E-state index is 6.12. The molecule has 7 heteroatoms. The highest BCUT2D eigenvalue weighted by Crippen LogP contribution is 2.58. The lowest BCUT2D eigenvalue weighted by atomic mass is 9.97. The van der Waals surface area contributed by atoms with Gasteiger partial charge in [-0.15, -0.1) is 0 Å². The van der Waals surface area contributed by atoms with Crippen molar-refractivity contribution in [3.8, 4) is 17.4 Å². The van der Waals surface area contributed by atoms with Crippen molar-refractivity contribution in [2.75, 3.05) is 24.3 Å². The molecule has 142 valence electrons. The first-order chi connectivity index (χ1) is 13.6. The molecule has 1 aromatic carbocycles. The monoisotopic (exact) mass is 375 g/mol. The Morgan fingerprint density at radius 3 is 2.75 bits per heavy atom. The van der Waals surface area contributed by atoms with Crippen molar-refractivity contribution in [3.63, 3.8) is 0 Å². The molecule has 1 fully saturated rings. The van der Waals surface area contributed by atoms with Crippen molar-refractivity contribution in [3.05, 3.63) is 54.1 Å². The molecule has 3 heterocycles. The van der Waals surface area contributed by atoms with Crippen LogP contribution in [-0.4, -0.2) is 28.6 Å². The molecule has 1 saturated carbocycles. The number of hydrogen-bond donors (Lipinski definition) is 1. The Morgan fingerprint density at radius 2 is 2.00 bits per heavy atom. The van der Waals surface area contributed by atoms with Crippen LogP contribution in [0.4, 0.5) is 17.2 Å². The summed E-state index contributed by atoms with van der Waals surface area (Å²) in [6, 6.07) is 9.74. The number of anilines is 3. The second kappa shape index (κ2) is 6.09. The van der Waals surface area contributed by atoms with Gasteiger partial charge in [0.25, 0.3) is 0 Å². The Balaban J connectivity index is 1.40. The van der Waals surface area contributed by atoms with E-state index in [4.69, 9.17) is 15.2 Å². The van der Waals surface area contributed by atoms with Crippen molar-refractivity contribution < 1.29 is 9.47 Å². The number of fused-ring (bicyclic) bond motifs is 2. The van der Waals surface area contributed by atoms with Crippen LogP contribution in [0.15, 0.2) is 42.7 Å².